The van der Waals surface area contributed by atoms with Crippen molar-refractivity contribution in [1.29, 1.82) is 0 Å². The second-order valence-electron chi connectivity index (χ2n) is 5.83. The Morgan fingerprint density at radius 2 is 1.69 bits per heavy atom. The molecule has 0 unspecified atom stereocenters. The highest BCUT2D eigenvalue weighted by atomic mass is 16.6. The van der Waals surface area contributed by atoms with Crippen LogP contribution in [0, 0.1) is 6.92 Å². The van der Waals surface area contributed by atoms with Crippen molar-refractivity contribution >= 4 is 17.7 Å². The Bertz CT molecular complexity index is 618. The van der Waals surface area contributed by atoms with Crippen molar-refractivity contribution in [2.75, 3.05) is 26.4 Å². The lowest BCUT2D eigenvalue weighted by molar-refractivity contribution is -0.147. The number of benzene rings is 1. The molecule has 1 rings (SSSR count). The molecule has 0 aromatic heterocycles. The summed E-state index contributed by atoms with van der Waals surface area (Å²) < 4.78 is 15.1. The highest BCUT2D eigenvalue weighted by molar-refractivity contribution is 5.99. The predicted octanol–water partition coefficient (Wildman–Crippen LogP) is 3.03. The second-order valence-corrected chi connectivity index (χ2v) is 5.83. The zero-order chi connectivity index (χ0) is 19.4. The van der Waals surface area contributed by atoms with Crippen molar-refractivity contribution < 1.29 is 28.6 Å². The van der Waals surface area contributed by atoms with Crippen LogP contribution in [0.1, 0.15) is 42.1 Å². The molecule has 0 N–H and O–H groups in total. The minimum atomic E-state index is -0.790. The molecule has 0 saturated heterocycles. The van der Waals surface area contributed by atoms with E-state index in [1.807, 2.05) is 6.92 Å². The van der Waals surface area contributed by atoms with Gasteiger partial charge < -0.3 is 14.2 Å². The van der Waals surface area contributed by atoms with Crippen molar-refractivity contribution in [2.45, 2.75) is 33.1 Å². The number of rotatable bonds is 12. The molecule has 0 radical (unpaired) electrons. The summed E-state index contributed by atoms with van der Waals surface area (Å²) in [5.41, 5.74) is 1.43. The molecule has 0 aliphatic rings. The minimum Gasteiger partial charge on any atom is -0.463 e. The van der Waals surface area contributed by atoms with Crippen LogP contribution >= 0.6 is 0 Å². The summed E-state index contributed by atoms with van der Waals surface area (Å²) in [6, 6.07) is 6.94. The van der Waals surface area contributed by atoms with E-state index in [1.54, 1.807) is 24.3 Å². The number of hydrogen-bond acceptors (Lipinski definition) is 6. The van der Waals surface area contributed by atoms with Gasteiger partial charge in [-0.15, -0.1) is 0 Å². The quantitative estimate of drug-likeness (QED) is 0.246. The Labute approximate surface area is 154 Å². The summed E-state index contributed by atoms with van der Waals surface area (Å²) in [7, 11) is 0. The van der Waals surface area contributed by atoms with E-state index in [0.717, 1.165) is 18.4 Å². The van der Waals surface area contributed by atoms with E-state index in [9.17, 15) is 14.4 Å². The molecule has 0 atom stereocenters. The molecule has 0 aliphatic heterocycles. The number of carbonyl (C=O) groups is 3. The van der Waals surface area contributed by atoms with Gasteiger partial charge in [0.25, 0.3) is 0 Å². The Hall–Kier alpha value is -2.47. The SMILES string of the molecule is C=C(CC(=O)OCCOCCCC)C(=O)OCC(=O)c1ccc(C)cc1. The highest BCUT2D eigenvalue weighted by Crippen LogP contribution is 2.07. The van der Waals surface area contributed by atoms with Crippen molar-refractivity contribution in [3.05, 3.63) is 47.5 Å². The second kappa shape index (κ2) is 12.0. The molecule has 0 saturated carbocycles. The number of Topliss-reactive ketones (excluding diaryl/α,β-unsaturated/α-hetero) is 1. The summed E-state index contributed by atoms with van der Waals surface area (Å²) in [5.74, 6) is -1.70. The van der Waals surface area contributed by atoms with Crippen molar-refractivity contribution in [1.82, 2.24) is 0 Å². The highest BCUT2D eigenvalue weighted by Gasteiger charge is 2.16. The van der Waals surface area contributed by atoms with Crippen LogP contribution in [0.25, 0.3) is 0 Å². The lowest BCUT2D eigenvalue weighted by Gasteiger charge is -2.08. The Morgan fingerprint density at radius 1 is 1.00 bits per heavy atom. The van der Waals surface area contributed by atoms with Gasteiger partial charge in [0.2, 0.25) is 0 Å². The van der Waals surface area contributed by atoms with Gasteiger partial charge in [0.1, 0.15) is 6.61 Å². The van der Waals surface area contributed by atoms with Crippen molar-refractivity contribution in [3.8, 4) is 0 Å². The number of hydrogen-bond donors (Lipinski definition) is 0. The van der Waals surface area contributed by atoms with E-state index in [-0.39, 0.29) is 24.4 Å². The van der Waals surface area contributed by atoms with Crippen LogP contribution < -0.4 is 0 Å². The molecule has 6 heteroatoms. The van der Waals surface area contributed by atoms with Gasteiger partial charge in [-0.1, -0.05) is 49.8 Å². The first-order valence-electron chi connectivity index (χ1n) is 8.62. The van der Waals surface area contributed by atoms with E-state index >= 15 is 0 Å². The molecule has 142 valence electrons. The standard InChI is InChI=1S/C20H26O6/c1-4-5-10-24-11-12-25-19(22)13-16(3)20(23)26-14-18(21)17-8-6-15(2)7-9-17/h6-9H,3-5,10-14H2,1-2H3. The van der Waals surface area contributed by atoms with Gasteiger partial charge in [0.05, 0.1) is 13.0 Å². The van der Waals surface area contributed by atoms with Crippen molar-refractivity contribution in [2.24, 2.45) is 0 Å². The van der Waals surface area contributed by atoms with Gasteiger partial charge in [-0.25, -0.2) is 4.79 Å². The van der Waals surface area contributed by atoms with E-state index in [1.165, 1.54) is 0 Å². The lowest BCUT2D eigenvalue weighted by Crippen LogP contribution is -2.18. The average molecular weight is 362 g/mol. The molecule has 6 nitrogen and oxygen atoms in total. The predicted molar refractivity (Wildman–Crippen MR) is 96.9 cm³/mol. The third kappa shape index (κ3) is 8.58. The number of carbonyl (C=O) groups excluding carboxylic acids is 3. The molecule has 0 aliphatic carbocycles. The zero-order valence-electron chi connectivity index (χ0n) is 15.4. The molecule has 0 spiro atoms. The van der Waals surface area contributed by atoms with Gasteiger partial charge in [-0.05, 0) is 13.3 Å². The van der Waals surface area contributed by atoms with Crippen molar-refractivity contribution in [3.63, 3.8) is 0 Å². The molecular formula is C20H26O6. The van der Waals surface area contributed by atoms with Gasteiger partial charge >= 0.3 is 11.9 Å². The summed E-state index contributed by atoms with van der Waals surface area (Å²) in [4.78, 5) is 35.4. The maximum Gasteiger partial charge on any atom is 0.334 e. The van der Waals surface area contributed by atoms with Gasteiger partial charge in [-0.3, -0.25) is 9.59 Å². The van der Waals surface area contributed by atoms with E-state index in [2.05, 4.69) is 13.5 Å². The number of ether oxygens (including phenoxy) is 3. The minimum absolute atomic E-state index is 0.0568. The van der Waals surface area contributed by atoms with Crippen LogP contribution in [0.4, 0.5) is 0 Å². The monoisotopic (exact) mass is 362 g/mol. The molecule has 0 heterocycles. The number of ketones is 1. The summed E-state index contributed by atoms with van der Waals surface area (Å²) in [6.07, 6.45) is 1.71. The third-order valence-electron chi connectivity index (χ3n) is 3.49. The molecule has 0 fully saturated rings. The first kappa shape index (κ1) is 21.6. The van der Waals surface area contributed by atoms with Gasteiger partial charge in [0, 0.05) is 17.7 Å². The van der Waals surface area contributed by atoms with E-state index in [4.69, 9.17) is 14.2 Å². The van der Waals surface area contributed by atoms with Crippen LogP contribution in [0.5, 0.6) is 0 Å². The molecule has 1 aromatic carbocycles. The fourth-order valence-corrected chi connectivity index (χ4v) is 1.92. The summed E-state index contributed by atoms with van der Waals surface area (Å²) in [5, 5.41) is 0. The third-order valence-corrected chi connectivity index (χ3v) is 3.49. The summed E-state index contributed by atoms with van der Waals surface area (Å²) in [6.45, 7) is 8.14. The molecule has 0 bridgehead atoms. The van der Waals surface area contributed by atoms with E-state index in [0.29, 0.717) is 18.8 Å². The number of unbranched alkanes of at least 4 members (excludes halogenated alkanes) is 1. The molecular weight excluding hydrogens is 336 g/mol. The summed E-state index contributed by atoms with van der Waals surface area (Å²) >= 11 is 0. The maximum absolute atomic E-state index is 11.9. The van der Waals surface area contributed by atoms with Gasteiger partial charge in [-0.2, -0.15) is 0 Å². The smallest absolute Gasteiger partial charge is 0.334 e. The molecule has 26 heavy (non-hydrogen) atoms. The van der Waals surface area contributed by atoms with E-state index < -0.39 is 18.5 Å². The topological polar surface area (TPSA) is 78.9 Å². The van der Waals surface area contributed by atoms with Crippen LogP contribution in [0.3, 0.4) is 0 Å². The lowest BCUT2D eigenvalue weighted by atomic mass is 10.1. The van der Waals surface area contributed by atoms with Crippen LogP contribution in [0.2, 0.25) is 0 Å². The Kier molecular flexibility index (Phi) is 9.94. The molecule has 0 amide bonds. The van der Waals surface area contributed by atoms with Gasteiger partial charge in [0.15, 0.2) is 12.4 Å². The average Bonchev–Trinajstić information content (AvgIpc) is 2.62. The van der Waals surface area contributed by atoms with Crippen LogP contribution in [-0.2, 0) is 23.8 Å². The number of aryl methyl sites for hydroxylation is 1. The fraction of sp³-hybridized carbons (Fsp3) is 0.450. The van der Waals surface area contributed by atoms with Crippen LogP contribution in [0.15, 0.2) is 36.4 Å². The number of esters is 2. The first-order chi connectivity index (χ1) is 12.4. The normalized spacial score (nSPS) is 10.2. The Balaban J connectivity index is 2.25. The molecule has 1 aromatic rings. The maximum atomic E-state index is 11.9. The Morgan fingerprint density at radius 3 is 2.35 bits per heavy atom. The zero-order valence-corrected chi connectivity index (χ0v) is 15.4. The van der Waals surface area contributed by atoms with Crippen LogP contribution in [-0.4, -0.2) is 44.1 Å². The fourth-order valence-electron chi connectivity index (χ4n) is 1.92. The largest absolute Gasteiger partial charge is 0.463 e. The first-order valence-corrected chi connectivity index (χ1v) is 8.62.